The molecule has 0 saturated carbocycles. The third-order valence-electron chi connectivity index (χ3n) is 4.12. The fourth-order valence-corrected chi connectivity index (χ4v) is 2.79. The van der Waals surface area contributed by atoms with Crippen LogP contribution in [0.1, 0.15) is 11.1 Å². The van der Waals surface area contributed by atoms with Crippen molar-refractivity contribution in [3.05, 3.63) is 75.3 Å². The normalized spacial score (nSPS) is 10.8. The fourth-order valence-electron chi connectivity index (χ4n) is 2.67. The van der Waals surface area contributed by atoms with Gasteiger partial charge in [0.05, 0.1) is 17.2 Å². The molecule has 0 aliphatic heterocycles. The Labute approximate surface area is 150 Å². The highest BCUT2D eigenvalue weighted by Crippen LogP contribution is 2.12. The van der Waals surface area contributed by atoms with Gasteiger partial charge in [-0.25, -0.2) is 4.98 Å². The van der Waals surface area contributed by atoms with Crippen molar-refractivity contribution in [1.29, 1.82) is 0 Å². The summed E-state index contributed by atoms with van der Waals surface area (Å²) in [6, 6.07) is 12.8. The molecule has 5 nitrogen and oxygen atoms in total. The standard InChI is InChI=1S/C19H18ClN3O2/c1-13-4-3-5-16-18(13)21-12-23(19(16)25)11-17(24)22(2)10-14-6-8-15(20)9-7-14/h3-9,12H,10-11H2,1-2H3. The van der Waals surface area contributed by atoms with Crippen molar-refractivity contribution >= 4 is 28.4 Å². The molecule has 0 fully saturated rings. The monoisotopic (exact) mass is 355 g/mol. The minimum atomic E-state index is -0.207. The van der Waals surface area contributed by atoms with Crippen molar-refractivity contribution < 1.29 is 4.79 Å². The Morgan fingerprint density at radius 2 is 1.92 bits per heavy atom. The summed E-state index contributed by atoms with van der Waals surface area (Å²) in [4.78, 5) is 30.9. The minimum absolute atomic E-state index is 0.0419. The summed E-state index contributed by atoms with van der Waals surface area (Å²) < 4.78 is 1.35. The van der Waals surface area contributed by atoms with Gasteiger partial charge >= 0.3 is 0 Å². The van der Waals surface area contributed by atoms with Crippen molar-refractivity contribution in [2.45, 2.75) is 20.0 Å². The zero-order chi connectivity index (χ0) is 18.0. The van der Waals surface area contributed by atoms with Gasteiger partial charge in [-0.15, -0.1) is 0 Å². The zero-order valence-corrected chi connectivity index (χ0v) is 14.8. The van der Waals surface area contributed by atoms with Crippen LogP contribution in [0, 0.1) is 6.92 Å². The van der Waals surface area contributed by atoms with Crippen molar-refractivity contribution in [2.75, 3.05) is 7.05 Å². The Hall–Kier alpha value is -2.66. The number of para-hydroxylation sites is 1. The van der Waals surface area contributed by atoms with E-state index in [1.807, 2.05) is 31.2 Å². The van der Waals surface area contributed by atoms with E-state index in [9.17, 15) is 9.59 Å². The number of hydrogen-bond acceptors (Lipinski definition) is 3. The van der Waals surface area contributed by atoms with Crippen molar-refractivity contribution in [2.24, 2.45) is 0 Å². The first-order chi connectivity index (χ1) is 12.0. The number of aryl methyl sites for hydroxylation is 1. The second-order valence-corrected chi connectivity index (χ2v) is 6.46. The van der Waals surface area contributed by atoms with E-state index in [1.54, 1.807) is 30.1 Å². The van der Waals surface area contributed by atoms with E-state index in [-0.39, 0.29) is 18.0 Å². The van der Waals surface area contributed by atoms with Gasteiger partial charge in [0.15, 0.2) is 0 Å². The van der Waals surface area contributed by atoms with Crippen molar-refractivity contribution in [3.63, 3.8) is 0 Å². The molecule has 0 aliphatic carbocycles. The largest absolute Gasteiger partial charge is 0.340 e. The van der Waals surface area contributed by atoms with E-state index in [4.69, 9.17) is 11.6 Å². The van der Waals surface area contributed by atoms with E-state index < -0.39 is 0 Å². The smallest absolute Gasteiger partial charge is 0.261 e. The summed E-state index contributed by atoms with van der Waals surface area (Å²) in [6.07, 6.45) is 1.44. The number of carbonyl (C=O) groups is 1. The molecule has 0 radical (unpaired) electrons. The maximum Gasteiger partial charge on any atom is 0.261 e. The van der Waals surface area contributed by atoms with Gasteiger partial charge < -0.3 is 4.90 Å². The lowest BCUT2D eigenvalue weighted by molar-refractivity contribution is -0.131. The first-order valence-corrected chi connectivity index (χ1v) is 8.26. The minimum Gasteiger partial charge on any atom is -0.340 e. The summed E-state index contributed by atoms with van der Waals surface area (Å²) >= 11 is 5.87. The highest BCUT2D eigenvalue weighted by Gasteiger charge is 2.13. The van der Waals surface area contributed by atoms with Gasteiger partial charge in [-0.3, -0.25) is 14.2 Å². The molecule has 1 amide bonds. The van der Waals surface area contributed by atoms with Crippen molar-refractivity contribution in [1.82, 2.24) is 14.5 Å². The predicted octanol–water partition coefficient (Wildman–Crippen LogP) is 3.02. The molecule has 0 N–H and O–H groups in total. The van der Waals surface area contributed by atoms with Gasteiger partial charge in [-0.1, -0.05) is 35.9 Å². The Morgan fingerprint density at radius 3 is 2.64 bits per heavy atom. The summed E-state index contributed by atoms with van der Waals surface area (Å²) in [5.41, 5.74) is 2.38. The average molecular weight is 356 g/mol. The van der Waals surface area contributed by atoms with E-state index >= 15 is 0 Å². The van der Waals surface area contributed by atoms with Gasteiger partial charge in [0, 0.05) is 18.6 Å². The first kappa shape index (κ1) is 17.2. The van der Waals surface area contributed by atoms with E-state index in [2.05, 4.69) is 4.98 Å². The van der Waals surface area contributed by atoms with Gasteiger partial charge in [-0.2, -0.15) is 0 Å². The number of aromatic nitrogens is 2. The first-order valence-electron chi connectivity index (χ1n) is 7.89. The summed E-state index contributed by atoms with van der Waals surface area (Å²) in [7, 11) is 1.71. The maximum atomic E-state index is 12.6. The van der Waals surface area contributed by atoms with Crippen LogP contribution in [0.5, 0.6) is 0 Å². The number of hydrogen-bond donors (Lipinski definition) is 0. The van der Waals surface area contributed by atoms with E-state index in [1.165, 1.54) is 10.9 Å². The van der Waals surface area contributed by atoms with Gasteiger partial charge in [0.1, 0.15) is 6.54 Å². The summed E-state index contributed by atoms with van der Waals surface area (Å²) in [5.74, 6) is -0.161. The summed E-state index contributed by atoms with van der Waals surface area (Å²) in [6.45, 7) is 2.31. The molecule has 0 saturated heterocycles. The second-order valence-electron chi connectivity index (χ2n) is 6.02. The Balaban J connectivity index is 1.78. The molecule has 128 valence electrons. The Kier molecular flexibility index (Phi) is 4.86. The molecule has 0 atom stereocenters. The van der Waals surface area contributed by atoms with Crippen molar-refractivity contribution in [3.8, 4) is 0 Å². The molecule has 0 spiro atoms. The van der Waals surface area contributed by atoms with Crippen LogP contribution in [0.25, 0.3) is 10.9 Å². The van der Waals surface area contributed by atoms with Crippen LogP contribution < -0.4 is 5.56 Å². The third kappa shape index (κ3) is 3.72. The van der Waals surface area contributed by atoms with Crippen LogP contribution >= 0.6 is 11.6 Å². The molecule has 3 rings (SSSR count). The number of benzene rings is 2. The van der Waals surface area contributed by atoms with Crippen LogP contribution in [0.4, 0.5) is 0 Å². The van der Waals surface area contributed by atoms with E-state index in [0.717, 1.165) is 11.1 Å². The number of nitrogens with zero attached hydrogens (tertiary/aromatic N) is 3. The topological polar surface area (TPSA) is 55.2 Å². The number of halogens is 1. The molecule has 3 aromatic rings. The molecule has 0 unspecified atom stereocenters. The van der Waals surface area contributed by atoms with Crippen LogP contribution in [-0.4, -0.2) is 27.4 Å². The third-order valence-corrected chi connectivity index (χ3v) is 4.37. The lowest BCUT2D eigenvalue weighted by atomic mass is 10.1. The number of likely N-dealkylation sites (N-methyl/N-ethyl adjacent to an activating group) is 1. The maximum absolute atomic E-state index is 12.6. The molecular weight excluding hydrogens is 338 g/mol. The molecule has 6 heteroatoms. The van der Waals surface area contributed by atoms with Crippen LogP contribution in [0.15, 0.2) is 53.6 Å². The SMILES string of the molecule is Cc1cccc2c(=O)n(CC(=O)N(C)Cc3ccc(Cl)cc3)cnc12. The second kappa shape index (κ2) is 7.07. The molecule has 2 aromatic carbocycles. The van der Waals surface area contributed by atoms with E-state index in [0.29, 0.717) is 22.5 Å². The predicted molar refractivity (Wildman–Crippen MR) is 98.7 cm³/mol. The quantitative estimate of drug-likeness (QED) is 0.723. The van der Waals surface area contributed by atoms with Crippen LogP contribution in [-0.2, 0) is 17.9 Å². The van der Waals surface area contributed by atoms with Crippen LogP contribution in [0.3, 0.4) is 0 Å². The van der Waals surface area contributed by atoms with Gasteiger partial charge in [0.25, 0.3) is 5.56 Å². The molecule has 1 heterocycles. The summed E-state index contributed by atoms with van der Waals surface area (Å²) in [5, 5.41) is 1.18. The van der Waals surface area contributed by atoms with Gasteiger partial charge in [-0.05, 0) is 36.2 Å². The number of amides is 1. The molecular formula is C19H18ClN3O2. The molecule has 0 aliphatic rings. The number of carbonyl (C=O) groups excluding carboxylic acids is 1. The zero-order valence-electron chi connectivity index (χ0n) is 14.1. The fraction of sp³-hybridized carbons (Fsp3) is 0.211. The highest BCUT2D eigenvalue weighted by atomic mass is 35.5. The number of rotatable bonds is 4. The number of fused-ring (bicyclic) bond motifs is 1. The lowest BCUT2D eigenvalue weighted by Gasteiger charge is -2.18. The lowest BCUT2D eigenvalue weighted by Crippen LogP contribution is -2.33. The molecule has 0 bridgehead atoms. The molecule has 25 heavy (non-hydrogen) atoms. The Bertz CT molecular complexity index is 980. The van der Waals surface area contributed by atoms with Crippen LogP contribution in [0.2, 0.25) is 5.02 Å². The molecule has 1 aromatic heterocycles. The average Bonchev–Trinajstić information content (AvgIpc) is 2.60. The Morgan fingerprint density at radius 1 is 1.20 bits per heavy atom. The van der Waals surface area contributed by atoms with Gasteiger partial charge in [0.2, 0.25) is 5.91 Å². The highest BCUT2D eigenvalue weighted by molar-refractivity contribution is 6.30.